The Hall–Kier alpha value is -1.79. The van der Waals surface area contributed by atoms with Crippen LogP contribution in [0.3, 0.4) is 0 Å². The van der Waals surface area contributed by atoms with Crippen molar-refractivity contribution < 1.29 is 25.6 Å². The zero-order valence-corrected chi connectivity index (χ0v) is 7.84. The third kappa shape index (κ3) is 3.45. The number of phenolic OH excluding ortho intramolecular Hbond substituents is 2. The van der Waals surface area contributed by atoms with Crippen molar-refractivity contribution in [3.63, 3.8) is 0 Å². The molecule has 0 heterocycles. The second-order valence-corrected chi connectivity index (χ2v) is 2.97. The van der Waals surface area contributed by atoms with Crippen molar-refractivity contribution in [2.45, 2.75) is 12.5 Å². The first-order chi connectivity index (χ1) is 6.50. The van der Waals surface area contributed by atoms with Crippen LogP contribution in [0.4, 0.5) is 0 Å². The highest BCUT2D eigenvalue weighted by Crippen LogP contribution is 2.25. The molecule has 0 unspecified atom stereocenters. The van der Waals surface area contributed by atoms with Crippen LogP contribution in [-0.4, -0.2) is 32.8 Å². The number of carboxylic acid groups (broad SMARTS) is 1. The molecule has 1 aromatic carbocycles. The van der Waals surface area contributed by atoms with Gasteiger partial charge in [0, 0.05) is 0 Å². The van der Waals surface area contributed by atoms with E-state index in [0.29, 0.717) is 5.56 Å². The molecule has 0 saturated heterocycles. The fourth-order valence-corrected chi connectivity index (χ4v) is 1.04. The lowest BCUT2D eigenvalue weighted by molar-refractivity contribution is -0.138. The SMILES string of the molecule is N[C@H](Cc1ccc(O)c(O)c1)C(=O)O.O. The molecule has 1 atom stereocenters. The van der Waals surface area contributed by atoms with Gasteiger partial charge in [0.15, 0.2) is 11.5 Å². The number of carbonyl (C=O) groups is 1. The lowest BCUT2D eigenvalue weighted by atomic mass is 10.1. The molecule has 7 N–H and O–H groups in total. The van der Waals surface area contributed by atoms with E-state index in [-0.39, 0.29) is 23.4 Å². The Kier molecular flexibility index (Phi) is 4.56. The molecule has 0 aromatic heterocycles. The molecular formula is C9H13NO5. The van der Waals surface area contributed by atoms with Gasteiger partial charge in [0.2, 0.25) is 0 Å². The monoisotopic (exact) mass is 215 g/mol. The fourth-order valence-electron chi connectivity index (χ4n) is 1.04. The molecule has 15 heavy (non-hydrogen) atoms. The van der Waals surface area contributed by atoms with Crippen molar-refractivity contribution in [2.24, 2.45) is 5.73 Å². The average molecular weight is 215 g/mol. The Balaban J connectivity index is 0.00000196. The van der Waals surface area contributed by atoms with Crippen LogP contribution in [-0.2, 0) is 11.2 Å². The molecule has 1 aromatic rings. The number of rotatable bonds is 3. The van der Waals surface area contributed by atoms with E-state index in [2.05, 4.69) is 0 Å². The van der Waals surface area contributed by atoms with Crippen molar-refractivity contribution in [1.82, 2.24) is 0 Å². The van der Waals surface area contributed by atoms with Crippen LogP contribution in [0.1, 0.15) is 5.56 Å². The lowest BCUT2D eigenvalue weighted by Crippen LogP contribution is -2.32. The summed E-state index contributed by atoms with van der Waals surface area (Å²) < 4.78 is 0. The molecule has 0 radical (unpaired) electrons. The van der Waals surface area contributed by atoms with E-state index >= 15 is 0 Å². The average Bonchev–Trinajstić information content (AvgIpc) is 2.11. The molecule has 84 valence electrons. The van der Waals surface area contributed by atoms with E-state index in [1.165, 1.54) is 18.2 Å². The minimum absolute atomic E-state index is 0. The van der Waals surface area contributed by atoms with Gasteiger partial charge in [-0.15, -0.1) is 0 Å². The minimum Gasteiger partial charge on any atom is -0.504 e. The first-order valence-corrected chi connectivity index (χ1v) is 4.00. The number of carboxylic acids is 1. The van der Waals surface area contributed by atoms with E-state index < -0.39 is 12.0 Å². The Labute approximate surface area is 85.9 Å². The van der Waals surface area contributed by atoms with Crippen molar-refractivity contribution in [3.8, 4) is 11.5 Å². The van der Waals surface area contributed by atoms with Gasteiger partial charge in [-0.25, -0.2) is 0 Å². The molecule has 0 aliphatic rings. The predicted molar refractivity (Wildman–Crippen MR) is 52.7 cm³/mol. The van der Waals surface area contributed by atoms with E-state index in [9.17, 15) is 4.79 Å². The first-order valence-electron chi connectivity index (χ1n) is 4.00. The largest absolute Gasteiger partial charge is 0.504 e. The molecule has 0 fully saturated rings. The second kappa shape index (κ2) is 5.18. The second-order valence-electron chi connectivity index (χ2n) is 2.97. The Bertz CT molecular complexity index is 352. The van der Waals surface area contributed by atoms with Crippen LogP contribution in [0.5, 0.6) is 11.5 Å². The molecule has 0 spiro atoms. The minimum atomic E-state index is -1.10. The Morgan fingerprint density at radius 1 is 1.33 bits per heavy atom. The highest BCUT2D eigenvalue weighted by Gasteiger charge is 2.12. The maximum atomic E-state index is 10.4. The number of nitrogens with two attached hydrogens (primary N) is 1. The number of hydrogen-bond acceptors (Lipinski definition) is 4. The standard InChI is InChI=1S/C9H11NO4.H2O/c10-6(9(13)14)3-5-1-2-7(11)8(12)4-5;/h1-2,4,6,11-12H,3,10H2,(H,13,14);1H2/t6-;/m1./s1. The summed E-state index contributed by atoms with van der Waals surface area (Å²) in [4.78, 5) is 10.4. The summed E-state index contributed by atoms with van der Waals surface area (Å²) in [6.07, 6.45) is 0.114. The number of aromatic hydroxyl groups is 2. The van der Waals surface area contributed by atoms with E-state index in [0.717, 1.165) is 0 Å². The fraction of sp³-hybridized carbons (Fsp3) is 0.222. The summed E-state index contributed by atoms with van der Waals surface area (Å²) in [5, 5.41) is 26.6. The summed E-state index contributed by atoms with van der Waals surface area (Å²) in [6.45, 7) is 0. The van der Waals surface area contributed by atoms with Gasteiger partial charge in [0.05, 0.1) is 0 Å². The normalized spacial score (nSPS) is 11.5. The van der Waals surface area contributed by atoms with Gasteiger partial charge < -0.3 is 26.5 Å². The van der Waals surface area contributed by atoms with Gasteiger partial charge in [-0.1, -0.05) is 6.07 Å². The van der Waals surface area contributed by atoms with Crippen molar-refractivity contribution >= 4 is 5.97 Å². The van der Waals surface area contributed by atoms with Crippen molar-refractivity contribution in [3.05, 3.63) is 23.8 Å². The van der Waals surface area contributed by atoms with Crippen LogP contribution in [0.15, 0.2) is 18.2 Å². The molecule has 6 heteroatoms. The first kappa shape index (κ1) is 13.2. The lowest BCUT2D eigenvalue weighted by Gasteiger charge is -2.06. The topological polar surface area (TPSA) is 135 Å². The van der Waals surface area contributed by atoms with Gasteiger partial charge in [0.25, 0.3) is 0 Å². The van der Waals surface area contributed by atoms with Gasteiger partial charge in [0.1, 0.15) is 6.04 Å². The molecule has 0 aliphatic heterocycles. The third-order valence-electron chi connectivity index (χ3n) is 1.81. The summed E-state index contributed by atoms with van der Waals surface area (Å²) in [6, 6.07) is 3.09. The van der Waals surface area contributed by atoms with Crippen LogP contribution >= 0.6 is 0 Å². The highest BCUT2D eigenvalue weighted by atomic mass is 16.4. The summed E-state index contributed by atoms with van der Waals surface area (Å²) in [7, 11) is 0. The van der Waals surface area contributed by atoms with E-state index in [1.54, 1.807) is 0 Å². The highest BCUT2D eigenvalue weighted by molar-refractivity contribution is 5.73. The van der Waals surface area contributed by atoms with Gasteiger partial charge >= 0.3 is 5.97 Å². The number of hydrogen-bond donors (Lipinski definition) is 4. The maximum Gasteiger partial charge on any atom is 0.320 e. The summed E-state index contributed by atoms with van der Waals surface area (Å²) in [5.74, 6) is -1.62. The predicted octanol–water partition coefficient (Wildman–Crippen LogP) is -0.772. The van der Waals surface area contributed by atoms with Gasteiger partial charge in [-0.05, 0) is 24.1 Å². The van der Waals surface area contributed by atoms with Crippen LogP contribution < -0.4 is 5.73 Å². The summed E-state index contributed by atoms with van der Waals surface area (Å²) in [5.41, 5.74) is 5.86. The molecule has 1 rings (SSSR count). The van der Waals surface area contributed by atoms with Crippen LogP contribution in [0.25, 0.3) is 0 Å². The number of phenols is 2. The molecule has 0 aliphatic carbocycles. The van der Waals surface area contributed by atoms with Crippen LogP contribution in [0, 0.1) is 0 Å². The summed E-state index contributed by atoms with van der Waals surface area (Å²) >= 11 is 0. The van der Waals surface area contributed by atoms with Crippen molar-refractivity contribution in [1.29, 1.82) is 0 Å². The van der Waals surface area contributed by atoms with Crippen molar-refractivity contribution in [2.75, 3.05) is 0 Å². The van der Waals surface area contributed by atoms with Gasteiger partial charge in [-0.2, -0.15) is 0 Å². The number of aliphatic carboxylic acids is 1. The van der Waals surface area contributed by atoms with Crippen LogP contribution in [0.2, 0.25) is 0 Å². The zero-order chi connectivity index (χ0) is 10.7. The van der Waals surface area contributed by atoms with E-state index in [1.807, 2.05) is 0 Å². The third-order valence-corrected chi connectivity index (χ3v) is 1.81. The molecule has 0 bridgehead atoms. The Morgan fingerprint density at radius 3 is 2.40 bits per heavy atom. The molecule has 0 amide bonds. The maximum absolute atomic E-state index is 10.4. The molecule has 0 saturated carbocycles. The molecule has 6 nitrogen and oxygen atoms in total. The Morgan fingerprint density at radius 2 is 1.93 bits per heavy atom. The van der Waals surface area contributed by atoms with E-state index in [4.69, 9.17) is 21.1 Å². The number of benzene rings is 1. The van der Waals surface area contributed by atoms with Gasteiger partial charge in [-0.3, -0.25) is 4.79 Å². The molecular weight excluding hydrogens is 202 g/mol. The zero-order valence-electron chi connectivity index (χ0n) is 7.84. The quantitative estimate of drug-likeness (QED) is 0.491. The smallest absolute Gasteiger partial charge is 0.320 e.